The Morgan fingerprint density at radius 2 is 1.93 bits per heavy atom. The van der Waals surface area contributed by atoms with Gasteiger partial charge in [0.05, 0.1) is 6.61 Å². The molecule has 0 bridgehead atoms. The highest BCUT2D eigenvalue weighted by molar-refractivity contribution is 4.73. The molecule has 0 radical (unpaired) electrons. The number of hydrogen-bond donors (Lipinski definition) is 2. The molecular weight excluding hydrogens is 188 g/mol. The summed E-state index contributed by atoms with van der Waals surface area (Å²) in [6, 6.07) is 1.10. The number of hydrogen-bond acceptors (Lipinski definition) is 3. The molecule has 0 amide bonds. The number of nitrogens with two attached hydrogens (primary N) is 1. The lowest BCUT2D eigenvalue weighted by Gasteiger charge is -2.24. The van der Waals surface area contributed by atoms with Crippen LogP contribution in [0.5, 0.6) is 0 Å². The van der Waals surface area contributed by atoms with Crippen LogP contribution in [0.4, 0.5) is 0 Å². The van der Waals surface area contributed by atoms with E-state index in [2.05, 4.69) is 19.2 Å². The van der Waals surface area contributed by atoms with E-state index in [1.165, 1.54) is 19.3 Å². The van der Waals surface area contributed by atoms with Gasteiger partial charge in [-0.15, -0.1) is 0 Å². The Morgan fingerprint density at radius 3 is 2.40 bits per heavy atom. The van der Waals surface area contributed by atoms with E-state index < -0.39 is 0 Å². The Kier molecular flexibility index (Phi) is 10.3. The second-order valence-electron chi connectivity index (χ2n) is 4.14. The molecule has 0 spiro atoms. The van der Waals surface area contributed by atoms with Gasteiger partial charge in [-0.05, 0) is 32.2 Å². The lowest BCUT2D eigenvalue weighted by Crippen LogP contribution is -2.41. The van der Waals surface area contributed by atoms with E-state index in [0.29, 0.717) is 12.1 Å². The zero-order chi connectivity index (χ0) is 11.5. The maximum absolute atomic E-state index is 5.53. The van der Waals surface area contributed by atoms with Gasteiger partial charge in [0.2, 0.25) is 0 Å². The van der Waals surface area contributed by atoms with Gasteiger partial charge in [0.1, 0.15) is 0 Å². The van der Waals surface area contributed by atoms with Crippen LogP contribution in [-0.2, 0) is 4.74 Å². The predicted molar refractivity (Wildman–Crippen MR) is 66.1 cm³/mol. The van der Waals surface area contributed by atoms with Gasteiger partial charge >= 0.3 is 0 Å². The van der Waals surface area contributed by atoms with E-state index in [1.54, 1.807) is 7.11 Å². The predicted octanol–water partition coefficient (Wildman–Crippen LogP) is 1.91. The molecule has 0 rings (SSSR count). The van der Waals surface area contributed by atoms with Crippen LogP contribution in [0.1, 0.15) is 46.0 Å². The molecule has 3 N–H and O–H groups in total. The molecule has 3 nitrogen and oxygen atoms in total. The van der Waals surface area contributed by atoms with E-state index in [1.807, 2.05) is 0 Å². The number of ether oxygens (including phenoxy) is 1. The fourth-order valence-corrected chi connectivity index (χ4v) is 1.87. The van der Waals surface area contributed by atoms with Crippen LogP contribution in [0.15, 0.2) is 0 Å². The molecule has 0 saturated carbocycles. The molecule has 0 aromatic rings. The third kappa shape index (κ3) is 7.77. The maximum atomic E-state index is 5.53. The molecule has 15 heavy (non-hydrogen) atoms. The van der Waals surface area contributed by atoms with Crippen LogP contribution in [0.2, 0.25) is 0 Å². The first-order chi connectivity index (χ1) is 7.28. The lowest BCUT2D eigenvalue weighted by molar-refractivity contribution is 0.154. The van der Waals surface area contributed by atoms with Gasteiger partial charge in [0.25, 0.3) is 0 Å². The maximum Gasteiger partial charge on any atom is 0.0615 e. The van der Waals surface area contributed by atoms with Crippen molar-refractivity contribution >= 4 is 0 Å². The summed E-state index contributed by atoms with van der Waals surface area (Å²) < 4.78 is 5.22. The normalized spacial score (nSPS) is 15.2. The molecule has 3 heteroatoms. The number of nitrogens with one attached hydrogen (secondary N) is 1. The van der Waals surface area contributed by atoms with Gasteiger partial charge in [0.15, 0.2) is 0 Å². The summed E-state index contributed by atoms with van der Waals surface area (Å²) in [5.74, 6) is 0. The van der Waals surface area contributed by atoms with Gasteiger partial charge in [-0.1, -0.05) is 20.3 Å². The Hall–Kier alpha value is -0.120. The van der Waals surface area contributed by atoms with Crippen LogP contribution in [-0.4, -0.2) is 32.3 Å². The fourth-order valence-electron chi connectivity index (χ4n) is 1.87. The van der Waals surface area contributed by atoms with Gasteiger partial charge < -0.3 is 15.8 Å². The van der Waals surface area contributed by atoms with Crippen molar-refractivity contribution in [1.29, 1.82) is 0 Å². The Balaban J connectivity index is 3.87. The van der Waals surface area contributed by atoms with Crippen molar-refractivity contribution in [2.24, 2.45) is 5.73 Å². The highest BCUT2D eigenvalue weighted by Gasteiger charge is 2.12. The van der Waals surface area contributed by atoms with E-state index in [0.717, 1.165) is 26.0 Å². The van der Waals surface area contributed by atoms with E-state index in [4.69, 9.17) is 10.5 Å². The van der Waals surface area contributed by atoms with Gasteiger partial charge in [-0.2, -0.15) is 0 Å². The molecule has 2 atom stereocenters. The SMILES string of the molecule is CCCC(CC)NC(CCCN)COC. The summed E-state index contributed by atoms with van der Waals surface area (Å²) in [5, 5.41) is 3.66. The largest absolute Gasteiger partial charge is 0.383 e. The van der Waals surface area contributed by atoms with Gasteiger partial charge in [-0.3, -0.25) is 0 Å². The molecule has 92 valence electrons. The van der Waals surface area contributed by atoms with Gasteiger partial charge in [-0.25, -0.2) is 0 Å². The standard InChI is InChI=1S/C12H28N2O/c1-4-7-11(5-2)14-12(10-15-3)8-6-9-13/h11-12,14H,4-10,13H2,1-3H3. The zero-order valence-electron chi connectivity index (χ0n) is 10.6. The monoisotopic (exact) mass is 216 g/mol. The van der Waals surface area contributed by atoms with Crippen molar-refractivity contribution in [3.05, 3.63) is 0 Å². The van der Waals surface area contributed by atoms with E-state index >= 15 is 0 Å². The molecule has 0 saturated heterocycles. The molecule has 0 fully saturated rings. The highest BCUT2D eigenvalue weighted by atomic mass is 16.5. The van der Waals surface area contributed by atoms with Gasteiger partial charge in [0, 0.05) is 19.2 Å². The average molecular weight is 216 g/mol. The van der Waals surface area contributed by atoms with E-state index in [-0.39, 0.29) is 0 Å². The molecule has 0 aliphatic heterocycles. The smallest absolute Gasteiger partial charge is 0.0615 e. The second kappa shape index (κ2) is 10.4. The minimum Gasteiger partial charge on any atom is -0.383 e. The third-order valence-corrected chi connectivity index (χ3v) is 2.73. The first-order valence-corrected chi connectivity index (χ1v) is 6.23. The number of methoxy groups -OCH3 is 1. The van der Waals surface area contributed by atoms with Crippen molar-refractivity contribution in [2.75, 3.05) is 20.3 Å². The van der Waals surface area contributed by atoms with Crippen LogP contribution in [0.3, 0.4) is 0 Å². The molecule has 0 aliphatic carbocycles. The Bertz CT molecular complexity index is 131. The average Bonchev–Trinajstić information content (AvgIpc) is 2.25. The first-order valence-electron chi connectivity index (χ1n) is 6.23. The van der Waals surface area contributed by atoms with Crippen molar-refractivity contribution in [3.63, 3.8) is 0 Å². The van der Waals surface area contributed by atoms with Crippen molar-refractivity contribution in [1.82, 2.24) is 5.32 Å². The van der Waals surface area contributed by atoms with E-state index in [9.17, 15) is 0 Å². The molecular formula is C12H28N2O. The van der Waals surface area contributed by atoms with Crippen LogP contribution < -0.4 is 11.1 Å². The van der Waals surface area contributed by atoms with Crippen LogP contribution >= 0.6 is 0 Å². The fraction of sp³-hybridized carbons (Fsp3) is 1.00. The molecule has 0 aliphatic rings. The molecule has 2 unspecified atom stereocenters. The highest BCUT2D eigenvalue weighted by Crippen LogP contribution is 2.05. The third-order valence-electron chi connectivity index (χ3n) is 2.73. The molecule has 0 heterocycles. The summed E-state index contributed by atoms with van der Waals surface area (Å²) in [4.78, 5) is 0. The molecule has 0 aromatic heterocycles. The Morgan fingerprint density at radius 1 is 1.20 bits per heavy atom. The van der Waals surface area contributed by atoms with Crippen molar-refractivity contribution < 1.29 is 4.74 Å². The summed E-state index contributed by atoms with van der Waals surface area (Å²) in [6.45, 7) is 6.03. The minimum absolute atomic E-state index is 0.468. The summed E-state index contributed by atoms with van der Waals surface area (Å²) in [6.07, 6.45) is 5.87. The van der Waals surface area contributed by atoms with Crippen LogP contribution in [0, 0.1) is 0 Å². The van der Waals surface area contributed by atoms with Crippen molar-refractivity contribution in [3.8, 4) is 0 Å². The van der Waals surface area contributed by atoms with Crippen LogP contribution in [0.25, 0.3) is 0 Å². The number of rotatable bonds is 10. The zero-order valence-corrected chi connectivity index (χ0v) is 10.6. The summed E-state index contributed by atoms with van der Waals surface area (Å²) >= 11 is 0. The summed E-state index contributed by atoms with van der Waals surface area (Å²) in [7, 11) is 1.76. The molecule has 0 aromatic carbocycles. The minimum atomic E-state index is 0.468. The van der Waals surface area contributed by atoms with Crippen molar-refractivity contribution in [2.45, 2.75) is 58.0 Å². The Labute approximate surface area is 94.8 Å². The quantitative estimate of drug-likeness (QED) is 0.586. The first kappa shape index (κ1) is 14.9. The summed E-state index contributed by atoms with van der Waals surface area (Å²) in [5.41, 5.74) is 5.53. The topological polar surface area (TPSA) is 47.3 Å². The lowest BCUT2D eigenvalue weighted by atomic mass is 10.1. The second-order valence-corrected chi connectivity index (χ2v) is 4.14.